The first kappa shape index (κ1) is 16.4. The summed E-state index contributed by atoms with van der Waals surface area (Å²) in [4.78, 5) is 0. The molecule has 0 aliphatic carbocycles. The fourth-order valence-corrected chi connectivity index (χ4v) is 3.78. The Bertz CT molecular complexity index is 524. The second kappa shape index (κ2) is 6.65. The maximum absolute atomic E-state index is 13.0. The number of benzene rings is 1. The molecule has 1 heterocycles. The predicted molar refractivity (Wildman–Crippen MR) is 75.0 cm³/mol. The molecule has 1 unspecified atom stereocenters. The molecule has 0 aromatic heterocycles. The Morgan fingerprint density at radius 1 is 1.42 bits per heavy atom. The van der Waals surface area contributed by atoms with E-state index < -0.39 is 15.8 Å². The van der Waals surface area contributed by atoms with Gasteiger partial charge >= 0.3 is 0 Å². The Labute approximate surface area is 119 Å². The number of halogens is 2. The van der Waals surface area contributed by atoms with Crippen LogP contribution in [0.3, 0.4) is 0 Å². The molecule has 4 nitrogen and oxygen atoms in total. The topological polar surface area (TPSA) is 63.4 Å². The predicted octanol–water partition coefficient (Wildman–Crippen LogP) is 1.36. The molecule has 1 aliphatic rings. The summed E-state index contributed by atoms with van der Waals surface area (Å²) in [6, 6.07) is 5.70. The Balaban J connectivity index is 0.00000180. The molecule has 0 bridgehead atoms. The van der Waals surface area contributed by atoms with Gasteiger partial charge in [-0.1, -0.05) is 12.1 Å². The fraction of sp³-hybridized carbons (Fsp3) is 0.500. The highest BCUT2D eigenvalue weighted by molar-refractivity contribution is 7.88. The van der Waals surface area contributed by atoms with E-state index in [-0.39, 0.29) is 24.1 Å². The highest BCUT2D eigenvalue weighted by Gasteiger charge is 2.30. The third kappa shape index (κ3) is 4.14. The van der Waals surface area contributed by atoms with Crippen LogP contribution in [-0.2, 0) is 15.8 Å². The maximum Gasteiger partial charge on any atom is 0.218 e. The molecule has 0 amide bonds. The van der Waals surface area contributed by atoms with E-state index >= 15 is 0 Å². The standard InChI is InChI=1S/C12H17FN2O2S.ClH/c13-12-3-1-2-10(6-12)9-18(16,17)15-5-4-11(7-14)8-15;/h1-3,6,11H,4-5,7-9,14H2;1H. The smallest absolute Gasteiger partial charge is 0.218 e. The van der Waals surface area contributed by atoms with Crippen LogP contribution in [0.2, 0.25) is 0 Å². The molecule has 19 heavy (non-hydrogen) atoms. The van der Waals surface area contributed by atoms with Crippen molar-refractivity contribution in [3.8, 4) is 0 Å². The minimum absolute atomic E-state index is 0. The van der Waals surface area contributed by atoms with E-state index in [9.17, 15) is 12.8 Å². The second-order valence-electron chi connectivity index (χ2n) is 4.63. The van der Waals surface area contributed by atoms with Crippen LogP contribution in [0.1, 0.15) is 12.0 Å². The largest absolute Gasteiger partial charge is 0.330 e. The van der Waals surface area contributed by atoms with Crippen LogP contribution in [0, 0.1) is 11.7 Å². The van der Waals surface area contributed by atoms with Crippen LogP contribution < -0.4 is 5.73 Å². The normalized spacial score (nSPS) is 20.2. The summed E-state index contributed by atoms with van der Waals surface area (Å²) in [6.07, 6.45) is 0.804. The average Bonchev–Trinajstić information content (AvgIpc) is 2.77. The van der Waals surface area contributed by atoms with Crippen LogP contribution >= 0.6 is 12.4 Å². The van der Waals surface area contributed by atoms with Crippen LogP contribution in [0.5, 0.6) is 0 Å². The lowest BCUT2D eigenvalue weighted by atomic mass is 10.1. The van der Waals surface area contributed by atoms with E-state index in [1.165, 1.54) is 22.5 Å². The number of sulfonamides is 1. The zero-order valence-electron chi connectivity index (χ0n) is 10.5. The number of rotatable bonds is 4. The van der Waals surface area contributed by atoms with Crippen molar-refractivity contribution >= 4 is 22.4 Å². The average molecular weight is 309 g/mol. The molecular formula is C12H18ClFN2O2S. The molecule has 0 spiro atoms. The van der Waals surface area contributed by atoms with Crippen molar-refractivity contribution in [1.29, 1.82) is 0 Å². The SMILES string of the molecule is Cl.NCC1CCN(S(=O)(=O)Cc2cccc(F)c2)C1. The molecule has 1 fully saturated rings. The Kier molecular flexibility index (Phi) is 5.73. The van der Waals surface area contributed by atoms with Crippen molar-refractivity contribution in [2.24, 2.45) is 11.7 Å². The van der Waals surface area contributed by atoms with Crippen LogP contribution in [-0.4, -0.2) is 32.4 Å². The van der Waals surface area contributed by atoms with Crippen LogP contribution in [0.25, 0.3) is 0 Å². The zero-order valence-corrected chi connectivity index (χ0v) is 12.1. The van der Waals surface area contributed by atoms with Crippen molar-refractivity contribution in [1.82, 2.24) is 4.31 Å². The van der Waals surface area contributed by atoms with E-state index in [0.717, 1.165) is 6.42 Å². The van der Waals surface area contributed by atoms with Gasteiger partial charge in [-0.25, -0.2) is 17.1 Å². The lowest BCUT2D eigenvalue weighted by Crippen LogP contribution is -2.31. The first-order chi connectivity index (χ1) is 8.51. The van der Waals surface area contributed by atoms with Gasteiger partial charge in [-0.05, 0) is 36.6 Å². The van der Waals surface area contributed by atoms with Gasteiger partial charge in [-0.15, -0.1) is 12.4 Å². The van der Waals surface area contributed by atoms with Crippen molar-refractivity contribution in [3.05, 3.63) is 35.6 Å². The summed E-state index contributed by atoms with van der Waals surface area (Å²) in [6.45, 7) is 1.50. The van der Waals surface area contributed by atoms with E-state index in [1.54, 1.807) is 6.07 Å². The molecule has 0 radical (unpaired) electrons. The molecule has 1 aromatic rings. The van der Waals surface area contributed by atoms with Crippen molar-refractivity contribution in [2.75, 3.05) is 19.6 Å². The summed E-state index contributed by atoms with van der Waals surface area (Å²) in [7, 11) is -3.36. The van der Waals surface area contributed by atoms with Gasteiger partial charge in [0.1, 0.15) is 5.82 Å². The van der Waals surface area contributed by atoms with Crippen molar-refractivity contribution < 1.29 is 12.8 Å². The monoisotopic (exact) mass is 308 g/mol. The van der Waals surface area contributed by atoms with E-state index in [2.05, 4.69) is 0 Å². The van der Waals surface area contributed by atoms with Gasteiger partial charge in [0.15, 0.2) is 0 Å². The van der Waals surface area contributed by atoms with Crippen LogP contribution in [0.15, 0.2) is 24.3 Å². The van der Waals surface area contributed by atoms with E-state index in [1.807, 2.05) is 0 Å². The quantitative estimate of drug-likeness (QED) is 0.913. The molecule has 2 N–H and O–H groups in total. The maximum atomic E-state index is 13.0. The van der Waals surface area contributed by atoms with Gasteiger partial charge in [0.2, 0.25) is 10.0 Å². The lowest BCUT2D eigenvalue weighted by molar-refractivity contribution is 0.458. The molecule has 0 saturated carbocycles. The summed E-state index contributed by atoms with van der Waals surface area (Å²) >= 11 is 0. The third-order valence-corrected chi connectivity index (χ3v) is 5.03. The van der Waals surface area contributed by atoms with Crippen molar-refractivity contribution in [2.45, 2.75) is 12.2 Å². The summed E-state index contributed by atoms with van der Waals surface area (Å²) in [5.74, 6) is -0.321. The molecular weight excluding hydrogens is 291 g/mol. The van der Waals surface area contributed by atoms with Crippen molar-refractivity contribution in [3.63, 3.8) is 0 Å². The van der Waals surface area contributed by atoms with Gasteiger partial charge in [-0.3, -0.25) is 0 Å². The highest BCUT2D eigenvalue weighted by atomic mass is 35.5. The zero-order chi connectivity index (χ0) is 13.2. The first-order valence-corrected chi connectivity index (χ1v) is 7.54. The number of hydrogen-bond acceptors (Lipinski definition) is 3. The van der Waals surface area contributed by atoms with Gasteiger partial charge in [-0.2, -0.15) is 0 Å². The van der Waals surface area contributed by atoms with Gasteiger partial charge in [0.05, 0.1) is 5.75 Å². The van der Waals surface area contributed by atoms with Gasteiger partial charge < -0.3 is 5.73 Å². The molecule has 7 heteroatoms. The van der Waals surface area contributed by atoms with Gasteiger partial charge in [0, 0.05) is 13.1 Å². The molecule has 2 rings (SSSR count). The minimum Gasteiger partial charge on any atom is -0.330 e. The molecule has 1 aliphatic heterocycles. The highest BCUT2D eigenvalue weighted by Crippen LogP contribution is 2.21. The van der Waals surface area contributed by atoms with E-state index in [4.69, 9.17) is 5.73 Å². The minimum atomic E-state index is -3.36. The summed E-state index contributed by atoms with van der Waals surface area (Å²) in [5, 5.41) is 0. The summed E-state index contributed by atoms with van der Waals surface area (Å²) in [5.41, 5.74) is 6.02. The second-order valence-corrected chi connectivity index (χ2v) is 6.60. The molecule has 108 valence electrons. The van der Waals surface area contributed by atoms with E-state index in [0.29, 0.717) is 25.2 Å². The van der Waals surface area contributed by atoms with Gasteiger partial charge in [0.25, 0.3) is 0 Å². The molecule has 1 aromatic carbocycles. The number of nitrogens with zero attached hydrogens (tertiary/aromatic N) is 1. The third-order valence-electron chi connectivity index (χ3n) is 3.21. The first-order valence-electron chi connectivity index (χ1n) is 5.93. The Morgan fingerprint density at radius 2 is 2.16 bits per heavy atom. The van der Waals surface area contributed by atoms with Crippen LogP contribution in [0.4, 0.5) is 4.39 Å². The number of nitrogens with two attached hydrogens (primary N) is 1. The Hall–Kier alpha value is -0.690. The molecule has 1 saturated heterocycles. The molecule has 1 atom stereocenters. The number of hydrogen-bond donors (Lipinski definition) is 1. The fourth-order valence-electron chi connectivity index (χ4n) is 2.17. The Morgan fingerprint density at radius 3 is 2.74 bits per heavy atom. The lowest BCUT2D eigenvalue weighted by Gasteiger charge is -2.16. The summed E-state index contributed by atoms with van der Waals surface area (Å²) < 4.78 is 38.7.